The number of urea groups is 1. The molecule has 2 aromatic carbocycles. The van der Waals surface area contributed by atoms with Gasteiger partial charge in [0.2, 0.25) is 0 Å². The summed E-state index contributed by atoms with van der Waals surface area (Å²) in [5, 5.41) is 2.55. The first-order valence-corrected chi connectivity index (χ1v) is 8.11. The third-order valence-electron chi connectivity index (χ3n) is 4.44. The molecule has 0 bridgehead atoms. The number of carbonyl (C=O) groups excluding carboxylic acids is 2. The number of aryl methyl sites for hydroxylation is 1. The van der Waals surface area contributed by atoms with Crippen LogP contribution in [0.2, 0.25) is 0 Å². The number of hydrogen-bond acceptors (Lipinski definition) is 3. The smallest absolute Gasteiger partial charge is 0.325 e. The van der Waals surface area contributed by atoms with Crippen molar-refractivity contribution in [1.29, 1.82) is 0 Å². The molecule has 0 spiro atoms. The number of hydrogen-bond donors (Lipinski definition) is 1. The van der Waals surface area contributed by atoms with E-state index in [9.17, 15) is 18.4 Å². The number of ether oxygens (including phenoxy) is 1. The van der Waals surface area contributed by atoms with Crippen LogP contribution >= 0.6 is 0 Å². The van der Waals surface area contributed by atoms with Crippen molar-refractivity contribution in [3.05, 3.63) is 65.2 Å². The zero-order chi connectivity index (χ0) is 18.9. The van der Waals surface area contributed by atoms with Crippen LogP contribution in [0.25, 0.3) is 0 Å². The molecule has 5 nitrogen and oxygen atoms in total. The fourth-order valence-corrected chi connectivity index (χ4v) is 2.87. The van der Waals surface area contributed by atoms with Crippen molar-refractivity contribution in [3.63, 3.8) is 0 Å². The number of nitrogens with one attached hydrogen (secondary N) is 1. The van der Waals surface area contributed by atoms with Crippen LogP contribution in [0.5, 0.6) is 5.75 Å². The van der Waals surface area contributed by atoms with Crippen molar-refractivity contribution < 1.29 is 23.1 Å². The fraction of sp³-hybridized carbons (Fsp3) is 0.263. The summed E-state index contributed by atoms with van der Waals surface area (Å²) < 4.78 is 32.3. The van der Waals surface area contributed by atoms with Crippen LogP contribution < -0.4 is 10.1 Å². The maximum Gasteiger partial charge on any atom is 0.325 e. The third kappa shape index (κ3) is 3.12. The first kappa shape index (κ1) is 17.8. The Morgan fingerprint density at radius 2 is 1.85 bits per heavy atom. The number of nitrogens with zero attached hydrogens (tertiary/aromatic N) is 1. The van der Waals surface area contributed by atoms with Gasteiger partial charge in [-0.3, -0.25) is 9.69 Å². The van der Waals surface area contributed by atoms with Crippen LogP contribution in [0.1, 0.15) is 18.1 Å². The molecule has 2 aromatic rings. The van der Waals surface area contributed by atoms with Crippen molar-refractivity contribution in [2.45, 2.75) is 19.4 Å². The second-order valence-electron chi connectivity index (χ2n) is 6.25. The van der Waals surface area contributed by atoms with Crippen LogP contribution in [0.15, 0.2) is 42.5 Å². The van der Waals surface area contributed by atoms with Gasteiger partial charge in [0.05, 0.1) is 6.54 Å². The second-order valence-corrected chi connectivity index (χ2v) is 6.25. The van der Waals surface area contributed by atoms with Crippen LogP contribution in [0.4, 0.5) is 13.6 Å². The van der Waals surface area contributed by atoms with E-state index in [1.54, 1.807) is 6.07 Å². The van der Waals surface area contributed by atoms with E-state index in [1.165, 1.54) is 13.0 Å². The molecule has 3 rings (SSSR count). The highest BCUT2D eigenvalue weighted by Gasteiger charge is 2.49. The summed E-state index contributed by atoms with van der Waals surface area (Å²) in [4.78, 5) is 25.9. The van der Waals surface area contributed by atoms with Gasteiger partial charge >= 0.3 is 6.03 Å². The molecule has 0 radical (unpaired) electrons. The molecule has 1 N–H and O–H groups in total. The lowest BCUT2D eigenvalue weighted by atomic mass is 9.92. The van der Waals surface area contributed by atoms with Gasteiger partial charge in [-0.15, -0.1) is 0 Å². The van der Waals surface area contributed by atoms with E-state index in [0.717, 1.165) is 22.6 Å². The summed E-state index contributed by atoms with van der Waals surface area (Å²) in [7, 11) is 0. The highest BCUT2D eigenvalue weighted by Crippen LogP contribution is 2.29. The Labute approximate surface area is 149 Å². The van der Waals surface area contributed by atoms with E-state index < -0.39 is 29.1 Å². The predicted octanol–water partition coefficient (Wildman–Crippen LogP) is 3.12. The molecule has 0 aliphatic carbocycles. The monoisotopic (exact) mass is 360 g/mol. The standard InChI is InChI=1S/C19H18F2N2O3/c1-12-5-3-4-6-16(12)26-10-9-23-17(24)19(2,22-18(23)25)13-7-8-14(20)15(21)11-13/h3-8,11H,9-10H2,1-2H3,(H,22,25)/t19-/m1/s1. The van der Waals surface area contributed by atoms with E-state index in [2.05, 4.69) is 5.32 Å². The minimum atomic E-state index is -1.45. The summed E-state index contributed by atoms with van der Waals surface area (Å²) in [5.74, 6) is -1.96. The maximum absolute atomic E-state index is 13.5. The molecule has 1 aliphatic rings. The highest BCUT2D eigenvalue weighted by molar-refractivity contribution is 6.07. The van der Waals surface area contributed by atoms with Crippen molar-refractivity contribution in [2.75, 3.05) is 13.2 Å². The topological polar surface area (TPSA) is 58.6 Å². The van der Waals surface area contributed by atoms with E-state index >= 15 is 0 Å². The van der Waals surface area contributed by atoms with Gasteiger partial charge in [0.1, 0.15) is 17.9 Å². The molecule has 0 aromatic heterocycles. The molecule has 0 unspecified atom stereocenters. The lowest BCUT2D eigenvalue weighted by molar-refractivity contribution is -0.131. The number of amides is 3. The number of halogens is 2. The minimum Gasteiger partial charge on any atom is -0.491 e. The van der Waals surface area contributed by atoms with Gasteiger partial charge in [0.25, 0.3) is 5.91 Å². The summed E-state index contributed by atoms with van der Waals surface area (Å²) in [5.41, 5.74) is -0.331. The molecule has 7 heteroatoms. The number of para-hydroxylation sites is 1. The van der Waals surface area contributed by atoms with Crippen LogP contribution in [0.3, 0.4) is 0 Å². The quantitative estimate of drug-likeness (QED) is 0.834. The average molecular weight is 360 g/mol. The molecule has 1 aliphatic heterocycles. The molecular weight excluding hydrogens is 342 g/mol. The molecule has 1 atom stereocenters. The first-order chi connectivity index (χ1) is 12.3. The lowest BCUT2D eigenvalue weighted by Gasteiger charge is -2.22. The predicted molar refractivity (Wildman–Crippen MR) is 90.6 cm³/mol. The molecule has 26 heavy (non-hydrogen) atoms. The molecule has 1 fully saturated rings. The number of rotatable bonds is 5. The number of benzene rings is 2. The molecular formula is C19H18F2N2O3. The Kier molecular flexibility index (Phi) is 4.63. The molecule has 136 valence electrons. The number of imide groups is 1. The van der Waals surface area contributed by atoms with E-state index in [-0.39, 0.29) is 18.7 Å². The zero-order valence-electron chi connectivity index (χ0n) is 14.4. The van der Waals surface area contributed by atoms with Crippen molar-refractivity contribution in [1.82, 2.24) is 10.2 Å². The normalized spacial score (nSPS) is 19.6. The van der Waals surface area contributed by atoms with E-state index in [4.69, 9.17) is 4.74 Å². The second kappa shape index (κ2) is 6.74. The van der Waals surface area contributed by atoms with E-state index in [0.29, 0.717) is 5.75 Å². The SMILES string of the molecule is Cc1ccccc1OCCN1C(=O)N[C@](C)(c2ccc(F)c(F)c2)C1=O. The van der Waals surface area contributed by atoms with Crippen LogP contribution in [-0.4, -0.2) is 30.0 Å². The van der Waals surface area contributed by atoms with Gasteiger partial charge in [-0.1, -0.05) is 24.3 Å². The Balaban J connectivity index is 1.72. The van der Waals surface area contributed by atoms with Gasteiger partial charge < -0.3 is 10.1 Å². The van der Waals surface area contributed by atoms with Crippen molar-refractivity contribution >= 4 is 11.9 Å². The zero-order valence-corrected chi connectivity index (χ0v) is 14.4. The highest BCUT2D eigenvalue weighted by atomic mass is 19.2. The molecule has 0 saturated carbocycles. The van der Waals surface area contributed by atoms with Gasteiger partial charge in [-0.25, -0.2) is 13.6 Å². The summed E-state index contributed by atoms with van der Waals surface area (Å²) >= 11 is 0. The Hall–Kier alpha value is -2.96. The van der Waals surface area contributed by atoms with Gasteiger partial charge in [0.15, 0.2) is 11.6 Å². The lowest BCUT2D eigenvalue weighted by Crippen LogP contribution is -2.41. The van der Waals surface area contributed by atoms with Gasteiger partial charge in [-0.2, -0.15) is 0 Å². The van der Waals surface area contributed by atoms with Crippen LogP contribution in [-0.2, 0) is 10.3 Å². The molecule has 1 heterocycles. The van der Waals surface area contributed by atoms with Crippen LogP contribution in [0, 0.1) is 18.6 Å². The first-order valence-electron chi connectivity index (χ1n) is 8.11. The average Bonchev–Trinajstić information content (AvgIpc) is 2.83. The largest absolute Gasteiger partial charge is 0.491 e. The fourth-order valence-electron chi connectivity index (χ4n) is 2.87. The van der Waals surface area contributed by atoms with Crippen molar-refractivity contribution in [3.8, 4) is 5.75 Å². The summed E-state index contributed by atoms with van der Waals surface area (Å²) in [6, 6.07) is 9.93. The Bertz CT molecular complexity index is 872. The summed E-state index contributed by atoms with van der Waals surface area (Å²) in [6.07, 6.45) is 0. The molecule has 3 amide bonds. The Morgan fingerprint density at radius 1 is 1.12 bits per heavy atom. The Morgan fingerprint density at radius 3 is 2.54 bits per heavy atom. The summed E-state index contributed by atoms with van der Waals surface area (Å²) in [6.45, 7) is 3.52. The van der Waals surface area contributed by atoms with Gasteiger partial charge in [0, 0.05) is 0 Å². The van der Waals surface area contributed by atoms with Gasteiger partial charge in [-0.05, 0) is 43.2 Å². The molecule has 1 saturated heterocycles. The van der Waals surface area contributed by atoms with Crippen molar-refractivity contribution in [2.24, 2.45) is 0 Å². The third-order valence-corrected chi connectivity index (χ3v) is 4.44. The maximum atomic E-state index is 13.5. The minimum absolute atomic E-state index is 0.0399. The number of carbonyl (C=O) groups is 2. The van der Waals surface area contributed by atoms with E-state index in [1.807, 2.05) is 25.1 Å².